The second-order valence-electron chi connectivity index (χ2n) is 6.82. The molecule has 2 aromatic rings. The van der Waals surface area contributed by atoms with E-state index in [1.54, 1.807) is 0 Å². The highest BCUT2D eigenvalue weighted by Crippen LogP contribution is 2.57. The van der Waals surface area contributed by atoms with E-state index in [2.05, 4.69) is 18.2 Å². The third-order valence-electron chi connectivity index (χ3n) is 5.72. The third kappa shape index (κ3) is 1.92. The van der Waals surface area contributed by atoms with Crippen molar-refractivity contribution < 1.29 is 0 Å². The van der Waals surface area contributed by atoms with Gasteiger partial charge in [-0.2, -0.15) is 15.8 Å². The Labute approximate surface area is 152 Å². The van der Waals surface area contributed by atoms with Gasteiger partial charge in [0.2, 0.25) is 0 Å². The summed E-state index contributed by atoms with van der Waals surface area (Å²) >= 11 is 0. The van der Waals surface area contributed by atoms with Gasteiger partial charge in [-0.15, -0.1) is 0 Å². The summed E-state index contributed by atoms with van der Waals surface area (Å²) in [5.74, 6) is -0.448. The Kier molecular flexibility index (Phi) is 3.54. The second-order valence-corrected chi connectivity index (χ2v) is 6.82. The van der Waals surface area contributed by atoms with E-state index in [1.165, 1.54) is 0 Å². The number of nitrogens with zero attached hydrogens (tertiary/aromatic N) is 3. The van der Waals surface area contributed by atoms with E-state index in [1.807, 2.05) is 48.5 Å². The summed E-state index contributed by atoms with van der Waals surface area (Å²) in [6, 6.07) is 20.4. The summed E-state index contributed by atoms with van der Waals surface area (Å²) in [5, 5.41) is 31.8. The fraction of sp³-hybridized carbons (Fsp3) is 0.227. The standard InChI is InChI=1S/C22H16N4/c23-11-19-16-8-4-10-18(16)20(22(12-24,13-25)21(19)26)17-9-3-6-14-5-1-2-7-15(14)17/h1-3,5-9,18,20H,4,10,26H2/t18-,20+/m0/s1. The maximum Gasteiger partial charge on any atom is 0.191 e. The Morgan fingerprint density at radius 2 is 1.73 bits per heavy atom. The Morgan fingerprint density at radius 1 is 1.00 bits per heavy atom. The Balaban J connectivity index is 2.08. The van der Waals surface area contributed by atoms with Gasteiger partial charge >= 0.3 is 0 Å². The van der Waals surface area contributed by atoms with Crippen molar-refractivity contribution in [3.8, 4) is 18.2 Å². The topological polar surface area (TPSA) is 97.4 Å². The molecule has 4 nitrogen and oxygen atoms in total. The average molecular weight is 336 g/mol. The average Bonchev–Trinajstić information content (AvgIpc) is 3.16. The molecule has 4 heteroatoms. The Hall–Kier alpha value is -3.55. The first-order valence-corrected chi connectivity index (χ1v) is 8.59. The largest absolute Gasteiger partial charge is 0.399 e. The molecular weight excluding hydrogens is 320 g/mol. The van der Waals surface area contributed by atoms with Crippen LogP contribution >= 0.6 is 0 Å². The van der Waals surface area contributed by atoms with Crippen LogP contribution in [0.15, 0.2) is 65.4 Å². The van der Waals surface area contributed by atoms with Gasteiger partial charge in [0.25, 0.3) is 0 Å². The lowest BCUT2D eigenvalue weighted by molar-refractivity contribution is 0.347. The number of fused-ring (bicyclic) bond motifs is 2. The summed E-state index contributed by atoms with van der Waals surface area (Å²) in [6.45, 7) is 0. The molecule has 0 unspecified atom stereocenters. The highest BCUT2D eigenvalue weighted by atomic mass is 14.7. The van der Waals surface area contributed by atoms with Gasteiger partial charge in [-0.05, 0) is 40.7 Å². The van der Waals surface area contributed by atoms with E-state index >= 15 is 0 Å². The smallest absolute Gasteiger partial charge is 0.191 e. The number of rotatable bonds is 1. The fourth-order valence-electron chi connectivity index (χ4n) is 4.56. The Bertz CT molecular complexity index is 1080. The lowest BCUT2D eigenvalue weighted by Crippen LogP contribution is -2.41. The van der Waals surface area contributed by atoms with Crippen LogP contribution in [0.3, 0.4) is 0 Å². The lowest BCUT2D eigenvalue weighted by atomic mass is 9.58. The highest BCUT2D eigenvalue weighted by Gasteiger charge is 2.54. The summed E-state index contributed by atoms with van der Waals surface area (Å²) in [7, 11) is 0. The van der Waals surface area contributed by atoms with Crippen LogP contribution in [0, 0.1) is 45.3 Å². The van der Waals surface area contributed by atoms with E-state index in [4.69, 9.17) is 5.73 Å². The molecule has 124 valence electrons. The zero-order valence-corrected chi connectivity index (χ0v) is 14.1. The van der Waals surface area contributed by atoms with E-state index in [-0.39, 0.29) is 11.6 Å². The van der Waals surface area contributed by atoms with Crippen molar-refractivity contribution >= 4 is 10.8 Å². The maximum absolute atomic E-state index is 10.0. The molecule has 0 amide bonds. The number of allylic oxidation sites excluding steroid dienone is 4. The number of benzene rings is 2. The predicted molar refractivity (Wildman–Crippen MR) is 98.0 cm³/mol. The number of hydrogen-bond acceptors (Lipinski definition) is 4. The van der Waals surface area contributed by atoms with Crippen molar-refractivity contribution in [2.45, 2.75) is 18.8 Å². The number of nitriles is 3. The second kappa shape index (κ2) is 5.76. The van der Waals surface area contributed by atoms with Gasteiger partial charge < -0.3 is 5.73 Å². The predicted octanol–water partition coefficient (Wildman–Crippen LogP) is 4.04. The van der Waals surface area contributed by atoms with Crippen LogP contribution in [0.4, 0.5) is 0 Å². The van der Waals surface area contributed by atoms with Crippen LogP contribution in [0.1, 0.15) is 24.3 Å². The van der Waals surface area contributed by atoms with Crippen LogP contribution in [0.5, 0.6) is 0 Å². The molecule has 0 bridgehead atoms. The lowest BCUT2D eigenvalue weighted by Gasteiger charge is -2.40. The van der Waals surface area contributed by atoms with Crippen molar-refractivity contribution in [1.29, 1.82) is 15.8 Å². The van der Waals surface area contributed by atoms with Crippen molar-refractivity contribution in [2.75, 3.05) is 0 Å². The minimum Gasteiger partial charge on any atom is -0.399 e. The maximum atomic E-state index is 10.0. The molecule has 2 atom stereocenters. The molecule has 0 saturated heterocycles. The minimum absolute atomic E-state index is 0.0537. The van der Waals surface area contributed by atoms with Crippen molar-refractivity contribution in [3.63, 3.8) is 0 Å². The minimum atomic E-state index is -1.54. The molecule has 2 aromatic carbocycles. The molecule has 2 N–H and O–H groups in total. The first-order valence-electron chi connectivity index (χ1n) is 8.59. The van der Waals surface area contributed by atoms with Crippen LogP contribution in [-0.2, 0) is 0 Å². The highest BCUT2D eigenvalue weighted by molar-refractivity contribution is 5.87. The van der Waals surface area contributed by atoms with Crippen molar-refractivity contribution in [3.05, 3.63) is 70.9 Å². The molecular formula is C22H16N4. The van der Waals surface area contributed by atoms with Gasteiger partial charge in [0.15, 0.2) is 5.41 Å². The van der Waals surface area contributed by atoms with Gasteiger partial charge in [0.1, 0.15) is 6.07 Å². The summed E-state index contributed by atoms with van der Waals surface area (Å²) in [4.78, 5) is 0. The van der Waals surface area contributed by atoms with Crippen molar-refractivity contribution in [1.82, 2.24) is 0 Å². The van der Waals surface area contributed by atoms with E-state index in [0.29, 0.717) is 5.57 Å². The molecule has 2 aliphatic carbocycles. The molecule has 2 aliphatic rings. The normalized spacial score (nSPS) is 23.5. The van der Waals surface area contributed by atoms with Gasteiger partial charge in [-0.1, -0.05) is 48.5 Å². The first kappa shape index (κ1) is 15.9. The number of nitrogens with two attached hydrogens (primary N) is 1. The molecule has 0 aromatic heterocycles. The zero-order valence-electron chi connectivity index (χ0n) is 14.1. The molecule has 0 heterocycles. The SMILES string of the molecule is N#CC1=C(N)C(C#N)(C#N)[C@H](c2cccc3ccccc23)[C@H]2CCC=C12. The number of hydrogen-bond donors (Lipinski definition) is 1. The van der Waals surface area contributed by atoms with Crippen LogP contribution in [0.2, 0.25) is 0 Å². The quantitative estimate of drug-likeness (QED) is 0.849. The molecule has 26 heavy (non-hydrogen) atoms. The van der Waals surface area contributed by atoms with E-state index < -0.39 is 11.3 Å². The zero-order chi connectivity index (χ0) is 18.3. The summed E-state index contributed by atoms with van der Waals surface area (Å²) in [5.41, 5.74) is 6.99. The molecule has 4 rings (SSSR count). The first-order chi connectivity index (χ1) is 12.7. The van der Waals surface area contributed by atoms with Crippen LogP contribution in [0.25, 0.3) is 10.8 Å². The van der Waals surface area contributed by atoms with Gasteiger partial charge in [-0.3, -0.25) is 0 Å². The fourth-order valence-corrected chi connectivity index (χ4v) is 4.56. The summed E-state index contributed by atoms with van der Waals surface area (Å²) < 4.78 is 0. The van der Waals surface area contributed by atoms with E-state index in [0.717, 1.165) is 34.8 Å². The molecule has 0 saturated carbocycles. The molecule has 0 fully saturated rings. The third-order valence-corrected chi connectivity index (χ3v) is 5.72. The molecule has 0 radical (unpaired) electrons. The van der Waals surface area contributed by atoms with Crippen molar-refractivity contribution in [2.24, 2.45) is 17.1 Å². The van der Waals surface area contributed by atoms with Gasteiger partial charge in [0.05, 0.1) is 23.4 Å². The molecule has 0 aliphatic heterocycles. The van der Waals surface area contributed by atoms with Crippen LogP contribution < -0.4 is 5.73 Å². The molecule has 0 spiro atoms. The Morgan fingerprint density at radius 3 is 2.46 bits per heavy atom. The summed E-state index contributed by atoms with van der Waals surface area (Å²) in [6.07, 6.45) is 3.67. The van der Waals surface area contributed by atoms with Gasteiger partial charge in [0, 0.05) is 5.92 Å². The van der Waals surface area contributed by atoms with Gasteiger partial charge in [-0.25, -0.2) is 0 Å². The van der Waals surface area contributed by atoms with E-state index in [9.17, 15) is 15.8 Å². The van der Waals surface area contributed by atoms with Crippen LogP contribution in [-0.4, -0.2) is 0 Å². The monoisotopic (exact) mass is 336 g/mol.